The first-order valence-electron chi connectivity index (χ1n) is 6.35. The van der Waals surface area contributed by atoms with Gasteiger partial charge in [-0.15, -0.1) is 0 Å². The Bertz CT molecular complexity index is 377. The molecule has 18 heavy (non-hydrogen) atoms. The first kappa shape index (κ1) is 12.8. The molecule has 0 aliphatic carbocycles. The number of rotatable bonds is 3. The van der Waals surface area contributed by atoms with Crippen LogP contribution in [-0.2, 0) is 11.3 Å². The molecule has 0 saturated carbocycles. The monoisotopic (exact) mass is 249 g/mol. The van der Waals surface area contributed by atoms with E-state index in [2.05, 4.69) is 10.3 Å². The summed E-state index contributed by atoms with van der Waals surface area (Å²) in [4.78, 5) is 21.1. The summed E-state index contributed by atoms with van der Waals surface area (Å²) in [6.45, 7) is 3.29. The predicted molar refractivity (Wildman–Crippen MR) is 67.8 cm³/mol. The fourth-order valence-corrected chi connectivity index (χ4v) is 1.96. The number of aromatic nitrogens is 1. The van der Waals surface area contributed by atoms with Crippen LogP contribution in [0.1, 0.15) is 25.3 Å². The second-order valence-electron chi connectivity index (χ2n) is 4.55. The Morgan fingerprint density at radius 2 is 2.28 bits per heavy atom. The van der Waals surface area contributed by atoms with Crippen molar-refractivity contribution in [2.75, 3.05) is 13.2 Å². The van der Waals surface area contributed by atoms with E-state index in [1.54, 1.807) is 12.4 Å². The van der Waals surface area contributed by atoms with E-state index in [-0.39, 0.29) is 12.1 Å². The predicted octanol–water partition coefficient (Wildman–Crippen LogP) is 1.75. The van der Waals surface area contributed by atoms with Gasteiger partial charge in [0.15, 0.2) is 0 Å². The first-order valence-corrected chi connectivity index (χ1v) is 6.35. The summed E-state index contributed by atoms with van der Waals surface area (Å²) in [5.74, 6) is 0. The fourth-order valence-electron chi connectivity index (χ4n) is 1.96. The summed E-state index contributed by atoms with van der Waals surface area (Å²) in [7, 11) is 0. The van der Waals surface area contributed by atoms with Crippen molar-refractivity contribution in [2.45, 2.75) is 32.2 Å². The molecule has 2 rings (SSSR count). The van der Waals surface area contributed by atoms with Gasteiger partial charge < -0.3 is 5.32 Å². The number of hydroxylamine groups is 2. The largest absolute Gasteiger partial charge is 0.341 e. The van der Waals surface area contributed by atoms with Gasteiger partial charge in [0.05, 0.1) is 13.2 Å². The van der Waals surface area contributed by atoms with Gasteiger partial charge >= 0.3 is 6.03 Å². The molecule has 1 atom stereocenters. The highest BCUT2D eigenvalue weighted by molar-refractivity contribution is 5.73. The van der Waals surface area contributed by atoms with Gasteiger partial charge in [-0.3, -0.25) is 9.82 Å². The van der Waals surface area contributed by atoms with Crippen molar-refractivity contribution in [3.8, 4) is 0 Å². The lowest BCUT2D eigenvalue weighted by Gasteiger charge is -2.27. The third-order valence-electron chi connectivity index (χ3n) is 2.89. The van der Waals surface area contributed by atoms with Crippen LogP contribution in [0.2, 0.25) is 0 Å². The van der Waals surface area contributed by atoms with Crippen molar-refractivity contribution in [2.24, 2.45) is 0 Å². The highest BCUT2D eigenvalue weighted by Crippen LogP contribution is 2.07. The Balaban J connectivity index is 1.79. The molecule has 1 saturated heterocycles. The summed E-state index contributed by atoms with van der Waals surface area (Å²) in [5, 5.41) is 4.36. The quantitative estimate of drug-likeness (QED) is 0.888. The molecule has 98 valence electrons. The van der Waals surface area contributed by atoms with E-state index in [0.717, 1.165) is 24.8 Å². The van der Waals surface area contributed by atoms with E-state index < -0.39 is 0 Å². The lowest BCUT2D eigenvalue weighted by Crippen LogP contribution is -2.46. The number of nitrogens with one attached hydrogen (secondary N) is 1. The molecule has 1 aliphatic heterocycles. The number of hydrogen-bond acceptors (Lipinski definition) is 3. The van der Waals surface area contributed by atoms with Gasteiger partial charge in [0, 0.05) is 18.4 Å². The van der Waals surface area contributed by atoms with E-state index in [4.69, 9.17) is 4.84 Å². The Labute approximate surface area is 107 Å². The van der Waals surface area contributed by atoms with Gasteiger partial charge in [0.2, 0.25) is 0 Å². The van der Waals surface area contributed by atoms with Gasteiger partial charge in [-0.25, -0.2) is 9.86 Å². The number of nitrogens with zero attached hydrogens (tertiary/aromatic N) is 2. The van der Waals surface area contributed by atoms with Crippen LogP contribution in [0.3, 0.4) is 0 Å². The Morgan fingerprint density at radius 3 is 2.94 bits per heavy atom. The normalized spacial score (nSPS) is 17.3. The fraction of sp³-hybridized carbons (Fsp3) is 0.538. The molecule has 1 fully saturated rings. The van der Waals surface area contributed by atoms with Gasteiger partial charge in [-0.2, -0.15) is 0 Å². The van der Waals surface area contributed by atoms with E-state index >= 15 is 0 Å². The molecule has 1 aliphatic rings. The number of carbonyl (C=O) groups is 1. The van der Waals surface area contributed by atoms with Crippen LogP contribution in [0.15, 0.2) is 24.5 Å². The second kappa shape index (κ2) is 6.35. The highest BCUT2D eigenvalue weighted by atomic mass is 16.7. The maximum Gasteiger partial charge on any atom is 0.341 e. The van der Waals surface area contributed by atoms with Crippen LogP contribution in [0.25, 0.3) is 0 Å². The summed E-state index contributed by atoms with van der Waals surface area (Å²) in [6, 6.07) is 3.85. The van der Waals surface area contributed by atoms with Crippen LogP contribution >= 0.6 is 0 Å². The molecule has 1 N–H and O–H groups in total. The molecule has 5 heteroatoms. The summed E-state index contributed by atoms with van der Waals surface area (Å²) < 4.78 is 0. The topological polar surface area (TPSA) is 54.5 Å². The average molecular weight is 249 g/mol. The molecular formula is C13H19N3O2. The Hall–Kier alpha value is -1.62. The zero-order chi connectivity index (χ0) is 12.8. The molecule has 2 heterocycles. The maximum atomic E-state index is 11.9. The molecule has 1 aromatic heterocycles. The zero-order valence-corrected chi connectivity index (χ0v) is 10.6. The van der Waals surface area contributed by atoms with Gasteiger partial charge in [-0.1, -0.05) is 0 Å². The van der Waals surface area contributed by atoms with Gasteiger partial charge in [-0.05, 0) is 43.9 Å². The third-order valence-corrected chi connectivity index (χ3v) is 2.89. The van der Waals surface area contributed by atoms with Gasteiger partial charge in [0.1, 0.15) is 0 Å². The van der Waals surface area contributed by atoms with Crippen LogP contribution < -0.4 is 5.32 Å². The molecule has 0 radical (unpaired) electrons. The van der Waals surface area contributed by atoms with E-state index in [1.165, 1.54) is 5.06 Å². The van der Waals surface area contributed by atoms with Gasteiger partial charge in [0.25, 0.3) is 0 Å². The molecule has 2 amide bonds. The van der Waals surface area contributed by atoms with E-state index in [9.17, 15) is 4.79 Å². The lowest BCUT2D eigenvalue weighted by molar-refractivity contribution is -0.139. The number of carbonyl (C=O) groups excluding carboxylic acids is 1. The van der Waals surface area contributed by atoms with Crippen LogP contribution in [0.5, 0.6) is 0 Å². The van der Waals surface area contributed by atoms with E-state index in [1.807, 2.05) is 19.1 Å². The number of pyridine rings is 1. The maximum absolute atomic E-state index is 11.9. The minimum Gasteiger partial charge on any atom is -0.333 e. The second-order valence-corrected chi connectivity index (χ2v) is 4.55. The molecule has 5 nitrogen and oxygen atoms in total. The smallest absolute Gasteiger partial charge is 0.333 e. The number of hydrogen-bond donors (Lipinski definition) is 1. The zero-order valence-electron chi connectivity index (χ0n) is 10.6. The highest BCUT2D eigenvalue weighted by Gasteiger charge is 2.19. The SMILES string of the molecule is CC(Cc1ccncc1)NC(=O)N1CCCCO1. The van der Waals surface area contributed by atoms with Crippen molar-refractivity contribution >= 4 is 6.03 Å². The van der Waals surface area contributed by atoms with Crippen LogP contribution in [0, 0.1) is 0 Å². The Kier molecular flexibility index (Phi) is 4.52. The Morgan fingerprint density at radius 1 is 1.50 bits per heavy atom. The van der Waals surface area contributed by atoms with Crippen molar-refractivity contribution in [1.29, 1.82) is 0 Å². The third kappa shape index (κ3) is 3.70. The summed E-state index contributed by atoms with van der Waals surface area (Å²) in [5.41, 5.74) is 1.16. The first-order chi connectivity index (χ1) is 8.75. The molecule has 0 aromatic carbocycles. The molecular weight excluding hydrogens is 230 g/mol. The summed E-state index contributed by atoms with van der Waals surface area (Å²) >= 11 is 0. The van der Waals surface area contributed by atoms with E-state index in [0.29, 0.717) is 13.2 Å². The average Bonchev–Trinajstić information content (AvgIpc) is 2.40. The number of amides is 2. The minimum absolute atomic E-state index is 0.0745. The molecule has 0 bridgehead atoms. The molecule has 1 unspecified atom stereocenters. The van der Waals surface area contributed by atoms with Crippen molar-refractivity contribution < 1.29 is 9.63 Å². The van der Waals surface area contributed by atoms with Crippen molar-refractivity contribution in [1.82, 2.24) is 15.4 Å². The molecule has 1 aromatic rings. The lowest BCUT2D eigenvalue weighted by atomic mass is 10.1. The minimum atomic E-state index is -0.142. The molecule has 0 spiro atoms. The number of urea groups is 1. The van der Waals surface area contributed by atoms with Crippen LogP contribution in [0.4, 0.5) is 4.79 Å². The van der Waals surface area contributed by atoms with Crippen molar-refractivity contribution in [3.05, 3.63) is 30.1 Å². The summed E-state index contributed by atoms with van der Waals surface area (Å²) in [6.07, 6.45) is 6.35. The standard InChI is InChI=1S/C13H19N3O2/c1-11(10-12-4-6-14-7-5-12)15-13(17)16-8-2-3-9-18-16/h4-7,11H,2-3,8-10H2,1H3,(H,15,17). The van der Waals surface area contributed by atoms with Crippen molar-refractivity contribution in [3.63, 3.8) is 0 Å². The van der Waals surface area contributed by atoms with Crippen LogP contribution in [-0.4, -0.2) is 35.3 Å².